The molecule has 1 rings (SSSR count). The monoisotopic (exact) mass is 254 g/mol. The molecule has 0 aliphatic heterocycles. The summed E-state index contributed by atoms with van der Waals surface area (Å²) in [6, 6.07) is 3.37. The Morgan fingerprint density at radius 1 is 1.59 bits per heavy atom. The molecule has 0 aliphatic rings. The van der Waals surface area contributed by atoms with Crippen molar-refractivity contribution in [2.45, 2.75) is 13.3 Å². The number of aliphatic carboxylic acids is 1. The molecule has 0 saturated carbocycles. The van der Waals surface area contributed by atoms with Gasteiger partial charge in [0.2, 0.25) is 0 Å². The van der Waals surface area contributed by atoms with E-state index in [1.54, 1.807) is 18.3 Å². The van der Waals surface area contributed by atoms with Crippen molar-refractivity contribution in [3.8, 4) is 0 Å². The third-order valence-corrected chi connectivity index (χ3v) is 3.14. The summed E-state index contributed by atoms with van der Waals surface area (Å²) in [6.45, 7) is 1.42. The lowest BCUT2D eigenvalue weighted by molar-refractivity contribution is -0.140. The Morgan fingerprint density at radius 2 is 2.29 bits per heavy atom. The molecule has 92 valence electrons. The lowest BCUT2D eigenvalue weighted by Crippen LogP contribution is -2.19. The molecule has 1 atom stereocenters. The van der Waals surface area contributed by atoms with E-state index in [0.717, 1.165) is 17.3 Å². The predicted molar refractivity (Wildman–Crippen MR) is 66.6 cm³/mol. The van der Waals surface area contributed by atoms with Crippen LogP contribution in [-0.4, -0.2) is 26.9 Å². The maximum absolute atomic E-state index is 11.0. The van der Waals surface area contributed by atoms with Crippen LogP contribution in [0.5, 0.6) is 0 Å². The third kappa shape index (κ3) is 4.86. The minimum atomic E-state index is -0.908. The maximum Gasteiger partial charge on any atom is 0.307 e. The van der Waals surface area contributed by atoms with Gasteiger partial charge in [-0.25, -0.2) is 4.98 Å². The number of nitrogen functional groups attached to an aromatic ring is 1. The smallest absolute Gasteiger partial charge is 0.307 e. The number of anilines is 1. The lowest BCUT2D eigenvalue weighted by atomic mass is 10.0. The van der Waals surface area contributed by atoms with Gasteiger partial charge in [-0.3, -0.25) is 9.59 Å². The fourth-order valence-corrected chi connectivity index (χ4v) is 2.04. The van der Waals surface area contributed by atoms with Crippen LogP contribution in [0.15, 0.2) is 18.3 Å². The standard InChI is InChI=1S/C11H14N2O3S/c1-7(14)17-6-9(11(15)16)4-8-2-3-13-10(12)5-8/h2-3,5,9H,4,6H2,1H3,(H2,12,13)(H,15,16). The molecular weight excluding hydrogens is 240 g/mol. The van der Waals surface area contributed by atoms with Gasteiger partial charge in [0.05, 0.1) is 5.92 Å². The Kier molecular flexibility index (Phi) is 4.96. The van der Waals surface area contributed by atoms with E-state index in [2.05, 4.69) is 4.98 Å². The van der Waals surface area contributed by atoms with Gasteiger partial charge in [0.1, 0.15) is 5.82 Å². The van der Waals surface area contributed by atoms with Gasteiger partial charge >= 0.3 is 5.97 Å². The Morgan fingerprint density at radius 3 is 2.82 bits per heavy atom. The molecule has 0 fully saturated rings. The molecule has 0 saturated heterocycles. The zero-order valence-corrected chi connectivity index (χ0v) is 10.2. The molecule has 3 N–H and O–H groups in total. The summed E-state index contributed by atoms with van der Waals surface area (Å²) < 4.78 is 0. The Balaban J connectivity index is 2.66. The van der Waals surface area contributed by atoms with E-state index in [1.807, 2.05) is 0 Å². The second-order valence-electron chi connectivity index (χ2n) is 3.63. The van der Waals surface area contributed by atoms with Crippen molar-refractivity contribution in [2.24, 2.45) is 5.92 Å². The summed E-state index contributed by atoms with van der Waals surface area (Å²) in [5.74, 6) is -0.863. The quantitative estimate of drug-likeness (QED) is 0.819. The summed E-state index contributed by atoms with van der Waals surface area (Å²) in [6.07, 6.45) is 1.89. The van der Waals surface area contributed by atoms with E-state index in [4.69, 9.17) is 10.8 Å². The first-order valence-corrected chi connectivity index (χ1v) is 6.04. The molecule has 1 unspecified atom stereocenters. The topological polar surface area (TPSA) is 93.3 Å². The minimum Gasteiger partial charge on any atom is -0.481 e. The number of carboxylic acid groups (broad SMARTS) is 1. The maximum atomic E-state index is 11.0. The van der Waals surface area contributed by atoms with Crippen LogP contribution in [0.4, 0.5) is 5.82 Å². The van der Waals surface area contributed by atoms with Crippen LogP contribution in [0.25, 0.3) is 0 Å². The van der Waals surface area contributed by atoms with Gasteiger partial charge in [-0.2, -0.15) is 0 Å². The van der Waals surface area contributed by atoms with E-state index in [0.29, 0.717) is 12.2 Å². The van der Waals surface area contributed by atoms with Crippen molar-refractivity contribution in [2.75, 3.05) is 11.5 Å². The predicted octanol–water partition coefficient (Wildman–Crippen LogP) is 1.19. The summed E-state index contributed by atoms with van der Waals surface area (Å²) in [5.41, 5.74) is 6.33. The Hall–Kier alpha value is -1.56. The van der Waals surface area contributed by atoms with E-state index in [1.165, 1.54) is 6.92 Å². The zero-order chi connectivity index (χ0) is 12.8. The van der Waals surface area contributed by atoms with Crippen molar-refractivity contribution in [3.05, 3.63) is 23.9 Å². The van der Waals surface area contributed by atoms with Crippen LogP contribution < -0.4 is 5.73 Å². The normalized spacial score (nSPS) is 12.1. The summed E-state index contributed by atoms with van der Waals surface area (Å²) in [7, 11) is 0. The number of thioether (sulfide) groups is 1. The molecule has 6 heteroatoms. The fourth-order valence-electron chi connectivity index (χ4n) is 1.34. The number of carboxylic acids is 1. The summed E-state index contributed by atoms with van der Waals surface area (Å²) >= 11 is 1.02. The summed E-state index contributed by atoms with van der Waals surface area (Å²) in [4.78, 5) is 25.7. The fraction of sp³-hybridized carbons (Fsp3) is 0.364. The third-order valence-electron chi connectivity index (χ3n) is 2.16. The van der Waals surface area contributed by atoms with Gasteiger partial charge in [-0.05, 0) is 24.1 Å². The van der Waals surface area contributed by atoms with Gasteiger partial charge in [0.15, 0.2) is 5.12 Å². The zero-order valence-electron chi connectivity index (χ0n) is 9.42. The molecule has 1 aromatic rings. The number of carbonyl (C=O) groups is 2. The molecule has 0 spiro atoms. The van der Waals surface area contributed by atoms with E-state index >= 15 is 0 Å². The van der Waals surface area contributed by atoms with Crippen molar-refractivity contribution in [3.63, 3.8) is 0 Å². The SMILES string of the molecule is CC(=O)SCC(Cc1ccnc(N)c1)C(=O)O. The number of hydrogen-bond acceptors (Lipinski definition) is 5. The highest BCUT2D eigenvalue weighted by atomic mass is 32.2. The number of pyridine rings is 1. The van der Waals surface area contributed by atoms with Gasteiger partial charge in [-0.1, -0.05) is 11.8 Å². The van der Waals surface area contributed by atoms with E-state index < -0.39 is 11.9 Å². The number of nitrogens with zero attached hydrogens (tertiary/aromatic N) is 1. The summed E-state index contributed by atoms with van der Waals surface area (Å²) in [5, 5.41) is 8.97. The molecule has 17 heavy (non-hydrogen) atoms. The van der Waals surface area contributed by atoms with E-state index in [9.17, 15) is 9.59 Å². The highest BCUT2D eigenvalue weighted by Crippen LogP contribution is 2.16. The van der Waals surface area contributed by atoms with Gasteiger partial charge in [-0.15, -0.1) is 0 Å². The molecule has 5 nitrogen and oxygen atoms in total. The first-order valence-electron chi connectivity index (χ1n) is 5.05. The average Bonchev–Trinajstić information content (AvgIpc) is 2.23. The van der Waals surface area contributed by atoms with Gasteiger partial charge in [0.25, 0.3) is 0 Å². The molecule has 1 aromatic heterocycles. The largest absolute Gasteiger partial charge is 0.481 e. The second-order valence-corrected chi connectivity index (χ2v) is 4.83. The highest BCUT2D eigenvalue weighted by Gasteiger charge is 2.19. The van der Waals surface area contributed by atoms with Crippen molar-refractivity contribution in [1.82, 2.24) is 4.98 Å². The van der Waals surface area contributed by atoms with E-state index in [-0.39, 0.29) is 10.9 Å². The Bertz CT molecular complexity index is 423. The first-order chi connectivity index (χ1) is 7.99. The molecule has 0 amide bonds. The lowest BCUT2D eigenvalue weighted by Gasteiger charge is -2.11. The second kappa shape index (κ2) is 6.24. The number of carbonyl (C=O) groups excluding carboxylic acids is 1. The number of rotatable bonds is 5. The van der Waals surface area contributed by atoms with Crippen molar-refractivity contribution < 1.29 is 14.7 Å². The van der Waals surface area contributed by atoms with Crippen LogP contribution >= 0.6 is 11.8 Å². The van der Waals surface area contributed by atoms with Crippen LogP contribution in [0, 0.1) is 5.92 Å². The van der Waals surface area contributed by atoms with Crippen molar-refractivity contribution >= 4 is 28.7 Å². The van der Waals surface area contributed by atoms with Crippen LogP contribution in [0.3, 0.4) is 0 Å². The van der Waals surface area contributed by atoms with Gasteiger partial charge < -0.3 is 10.8 Å². The molecule has 0 aliphatic carbocycles. The van der Waals surface area contributed by atoms with Crippen molar-refractivity contribution in [1.29, 1.82) is 0 Å². The molecule has 0 radical (unpaired) electrons. The molecule has 0 bridgehead atoms. The molecular formula is C11H14N2O3S. The van der Waals surface area contributed by atoms with Crippen LogP contribution in [0.1, 0.15) is 12.5 Å². The van der Waals surface area contributed by atoms with Gasteiger partial charge in [0, 0.05) is 18.9 Å². The molecule has 1 heterocycles. The highest BCUT2D eigenvalue weighted by molar-refractivity contribution is 8.13. The number of aromatic nitrogens is 1. The minimum absolute atomic E-state index is 0.0782. The average molecular weight is 254 g/mol. The Labute approximate surface area is 103 Å². The molecule has 0 aromatic carbocycles. The van der Waals surface area contributed by atoms with Crippen LogP contribution in [-0.2, 0) is 16.0 Å². The van der Waals surface area contributed by atoms with Crippen LogP contribution in [0.2, 0.25) is 0 Å². The number of hydrogen-bond donors (Lipinski definition) is 2. The first kappa shape index (κ1) is 13.5. The number of nitrogens with two attached hydrogens (primary N) is 1.